The summed E-state index contributed by atoms with van der Waals surface area (Å²) in [6.45, 7) is 0.724. The average molecular weight is 491 g/mol. The number of nitrogens with one attached hydrogen (secondary N) is 1. The standard InChI is InChI=1S/C24H21F4N3O4/c1-34-18-9-14(2-3-16(18)25)31-17-8-13-11-29-30-21(13)20(26)19(17)15(10-24(27,28)23(32)33)22(31)12-4-6-35-7-5-12/h2-3,8-9,11-12H,4-7,10H2,1H3,(H,29,30)(H,32,33). The molecule has 1 aliphatic heterocycles. The summed E-state index contributed by atoms with van der Waals surface area (Å²) in [5.74, 6) is -8.29. The van der Waals surface area contributed by atoms with Gasteiger partial charge in [0.2, 0.25) is 0 Å². The molecule has 3 heterocycles. The number of halogens is 4. The number of nitrogens with zero attached hydrogens (tertiary/aromatic N) is 2. The van der Waals surface area contributed by atoms with E-state index in [2.05, 4.69) is 10.2 Å². The molecule has 2 aromatic carbocycles. The molecule has 0 atom stereocenters. The first-order valence-electron chi connectivity index (χ1n) is 10.9. The van der Waals surface area contributed by atoms with Crippen LogP contribution in [0, 0.1) is 11.6 Å². The summed E-state index contributed by atoms with van der Waals surface area (Å²) >= 11 is 0. The van der Waals surface area contributed by atoms with Crippen LogP contribution in [0.3, 0.4) is 0 Å². The van der Waals surface area contributed by atoms with Gasteiger partial charge >= 0.3 is 11.9 Å². The van der Waals surface area contributed by atoms with Crippen molar-refractivity contribution in [2.24, 2.45) is 0 Å². The lowest BCUT2D eigenvalue weighted by Gasteiger charge is -2.26. The molecule has 0 spiro atoms. The summed E-state index contributed by atoms with van der Waals surface area (Å²) < 4.78 is 71.5. The van der Waals surface area contributed by atoms with Crippen LogP contribution in [-0.4, -0.2) is 52.1 Å². The minimum absolute atomic E-state index is 0.0183. The van der Waals surface area contributed by atoms with Crippen LogP contribution in [0.4, 0.5) is 17.6 Å². The van der Waals surface area contributed by atoms with Gasteiger partial charge in [0.25, 0.3) is 0 Å². The zero-order valence-electron chi connectivity index (χ0n) is 18.6. The van der Waals surface area contributed by atoms with Gasteiger partial charge in [0.1, 0.15) is 5.52 Å². The Hall–Kier alpha value is -3.60. The molecule has 2 N–H and O–H groups in total. The van der Waals surface area contributed by atoms with Gasteiger partial charge in [-0.15, -0.1) is 0 Å². The van der Waals surface area contributed by atoms with E-state index >= 15 is 4.39 Å². The fourth-order valence-corrected chi connectivity index (χ4v) is 4.84. The molecule has 35 heavy (non-hydrogen) atoms. The number of rotatable bonds is 6. The van der Waals surface area contributed by atoms with Crippen molar-refractivity contribution in [2.75, 3.05) is 20.3 Å². The maximum Gasteiger partial charge on any atom is 0.374 e. The molecule has 0 saturated carbocycles. The third-order valence-corrected chi connectivity index (χ3v) is 6.46. The van der Waals surface area contributed by atoms with Gasteiger partial charge < -0.3 is 19.1 Å². The van der Waals surface area contributed by atoms with Crippen LogP contribution in [0.15, 0.2) is 30.5 Å². The number of fused-ring (bicyclic) bond motifs is 2. The summed E-state index contributed by atoms with van der Waals surface area (Å²) in [4.78, 5) is 11.4. The molecule has 5 rings (SSSR count). The average Bonchev–Trinajstić information content (AvgIpc) is 3.43. The van der Waals surface area contributed by atoms with Crippen LogP contribution in [0.2, 0.25) is 0 Å². The SMILES string of the molecule is COc1cc(-n2c(C3CCOCC3)c(CC(F)(F)C(=O)O)c3c(F)c4[nH]ncc4cc32)ccc1F. The molecular formula is C24H21F4N3O4. The van der Waals surface area contributed by atoms with E-state index < -0.39 is 29.9 Å². The number of ether oxygens (including phenoxy) is 2. The molecule has 1 aliphatic rings. The van der Waals surface area contributed by atoms with E-state index in [1.165, 1.54) is 31.5 Å². The van der Waals surface area contributed by atoms with Crippen molar-refractivity contribution in [3.63, 3.8) is 0 Å². The first-order chi connectivity index (χ1) is 16.7. The van der Waals surface area contributed by atoms with Crippen LogP contribution in [0.25, 0.3) is 27.5 Å². The summed E-state index contributed by atoms with van der Waals surface area (Å²) in [5, 5.41) is 15.8. The lowest BCUT2D eigenvalue weighted by molar-refractivity contribution is -0.164. The molecule has 0 radical (unpaired) electrons. The van der Waals surface area contributed by atoms with Crippen LogP contribution in [-0.2, 0) is 16.0 Å². The van der Waals surface area contributed by atoms with Gasteiger partial charge in [-0.25, -0.2) is 13.6 Å². The Balaban J connectivity index is 1.91. The summed E-state index contributed by atoms with van der Waals surface area (Å²) in [6.07, 6.45) is 1.11. The monoisotopic (exact) mass is 491 g/mol. The zero-order chi connectivity index (χ0) is 24.9. The Kier molecular flexibility index (Phi) is 5.66. The Labute approximate surface area is 196 Å². The smallest absolute Gasteiger partial charge is 0.374 e. The zero-order valence-corrected chi connectivity index (χ0v) is 18.6. The topological polar surface area (TPSA) is 89.4 Å². The predicted molar refractivity (Wildman–Crippen MR) is 118 cm³/mol. The highest BCUT2D eigenvalue weighted by molar-refractivity contribution is 6.00. The highest BCUT2D eigenvalue weighted by Crippen LogP contribution is 2.43. The normalized spacial score (nSPS) is 15.2. The number of aromatic amines is 1. The number of methoxy groups -OCH3 is 1. The van der Waals surface area contributed by atoms with Crippen molar-refractivity contribution in [3.05, 3.63) is 53.4 Å². The molecule has 1 fully saturated rings. The number of carboxylic acid groups (broad SMARTS) is 1. The molecular weight excluding hydrogens is 470 g/mol. The number of alkyl halides is 2. The van der Waals surface area contributed by atoms with Crippen molar-refractivity contribution in [2.45, 2.75) is 31.1 Å². The van der Waals surface area contributed by atoms with Gasteiger partial charge in [0, 0.05) is 47.4 Å². The van der Waals surface area contributed by atoms with E-state index in [4.69, 9.17) is 14.6 Å². The predicted octanol–water partition coefficient (Wildman–Crippen LogP) is 4.95. The Morgan fingerprint density at radius 1 is 1.29 bits per heavy atom. The van der Waals surface area contributed by atoms with Gasteiger partial charge in [0.05, 0.1) is 25.2 Å². The van der Waals surface area contributed by atoms with E-state index in [0.717, 1.165) is 0 Å². The molecule has 2 aromatic heterocycles. The number of H-pyrrole nitrogens is 1. The van der Waals surface area contributed by atoms with Crippen LogP contribution in [0.5, 0.6) is 5.75 Å². The van der Waals surface area contributed by atoms with Gasteiger partial charge in [0.15, 0.2) is 17.4 Å². The number of hydrogen-bond acceptors (Lipinski definition) is 4. The highest BCUT2D eigenvalue weighted by Gasteiger charge is 2.42. The van der Waals surface area contributed by atoms with Crippen molar-refractivity contribution in [1.29, 1.82) is 0 Å². The van der Waals surface area contributed by atoms with Crippen molar-refractivity contribution >= 4 is 27.8 Å². The maximum atomic E-state index is 15.8. The number of carboxylic acids is 1. The first kappa shape index (κ1) is 23.2. The van der Waals surface area contributed by atoms with E-state index in [0.29, 0.717) is 42.8 Å². The number of carbonyl (C=O) groups is 1. The molecule has 4 aromatic rings. The fraction of sp³-hybridized carbons (Fsp3) is 0.333. The second kappa shape index (κ2) is 8.56. The lowest BCUT2D eigenvalue weighted by atomic mass is 9.90. The lowest BCUT2D eigenvalue weighted by Crippen LogP contribution is -2.31. The Morgan fingerprint density at radius 3 is 2.71 bits per heavy atom. The summed E-state index contributed by atoms with van der Waals surface area (Å²) in [7, 11) is 1.29. The van der Waals surface area contributed by atoms with Crippen LogP contribution >= 0.6 is 0 Å². The van der Waals surface area contributed by atoms with Gasteiger partial charge in [-0.2, -0.15) is 13.9 Å². The third-order valence-electron chi connectivity index (χ3n) is 6.46. The fourth-order valence-electron chi connectivity index (χ4n) is 4.84. The van der Waals surface area contributed by atoms with Gasteiger partial charge in [-0.3, -0.25) is 5.10 Å². The molecule has 0 aliphatic carbocycles. The van der Waals surface area contributed by atoms with Crippen molar-refractivity contribution in [3.8, 4) is 11.4 Å². The number of aromatic nitrogens is 3. The van der Waals surface area contributed by atoms with Crippen molar-refractivity contribution in [1.82, 2.24) is 14.8 Å². The minimum Gasteiger partial charge on any atom is -0.494 e. The van der Waals surface area contributed by atoms with E-state index in [1.54, 1.807) is 10.6 Å². The number of benzene rings is 2. The van der Waals surface area contributed by atoms with Crippen LogP contribution < -0.4 is 4.74 Å². The molecule has 1 saturated heterocycles. The maximum absolute atomic E-state index is 15.8. The van der Waals surface area contributed by atoms with Crippen molar-refractivity contribution < 1.29 is 36.9 Å². The first-order valence-corrected chi connectivity index (χ1v) is 10.9. The molecule has 7 nitrogen and oxygen atoms in total. The highest BCUT2D eigenvalue weighted by atomic mass is 19.3. The van der Waals surface area contributed by atoms with E-state index in [-0.39, 0.29) is 33.7 Å². The quantitative estimate of drug-likeness (QED) is 0.373. The third kappa shape index (κ3) is 3.79. The summed E-state index contributed by atoms with van der Waals surface area (Å²) in [5.41, 5.74) is 0.850. The Morgan fingerprint density at radius 2 is 2.03 bits per heavy atom. The molecule has 0 unspecified atom stereocenters. The number of hydrogen-bond donors (Lipinski definition) is 2. The van der Waals surface area contributed by atoms with E-state index in [1.807, 2.05) is 0 Å². The Bertz CT molecular complexity index is 1440. The summed E-state index contributed by atoms with van der Waals surface area (Å²) in [6, 6.07) is 5.61. The van der Waals surface area contributed by atoms with E-state index in [9.17, 15) is 18.0 Å². The van der Waals surface area contributed by atoms with Gasteiger partial charge in [-0.05, 0) is 36.6 Å². The molecule has 0 amide bonds. The second-order valence-corrected chi connectivity index (χ2v) is 8.51. The minimum atomic E-state index is -4.14. The molecule has 184 valence electrons. The van der Waals surface area contributed by atoms with Crippen LogP contribution in [0.1, 0.15) is 30.0 Å². The van der Waals surface area contributed by atoms with Gasteiger partial charge in [-0.1, -0.05) is 0 Å². The number of aliphatic carboxylic acids is 1. The largest absolute Gasteiger partial charge is 0.494 e. The molecule has 11 heteroatoms. The second-order valence-electron chi connectivity index (χ2n) is 8.51. The molecule has 0 bridgehead atoms.